The first-order valence-corrected chi connectivity index (χ1v) is 11.4. The number of carbonyl (C=O) groups excluding carboxylic acids is 2. The summed E-state index contributed by atoms with van der Waals surface area (Å²) in [5, 5.41) is 4.86. The first-order valence-electron chi connectivity index (χ1n) is 9.30. The van der Waals surface area contributed by atoms with Crippen molar-refractivity contribution >= 4 is 63.2 Å². The number of nitrogens with zero attached hydrogens (tertiary/aromatic N) is 1. The summed E-state index contributed by atoms with van der Waals surface area (Å²) >= 11 is 8.31. The number of ether oxygens (including phenoxy) is 1. The predicted octanol–water partition coefficient (Wildman–Crippen LogP) is 5.16. The molecule has 0 saturated carbocycles. The first kappa shape index (κ1) is 21.5. The Morgan fingerprint density at radius 1 is 1.21 bits per heavy atom. The van der Waals surface area contributed by atoms with Crippen molar-refractivity contribution in [3.63, 3.8) is 0 Å². The van der Waals surface area contributed by atoms with Crippen LogP contribution in [-0.2, 0) is 9.59 Å². The molecule has 2 heterocycles. The Morgan fingerprint density at radius 3 is 2.79 bits per heavy atom. The highest BCUT2D eigenvalue weighted by atomic mass is 32.2. The second-order valence-corrected chi connectivity index (χ2v) is 9.06. The molecule has 1 aliphatic rings. The zero-order valence-electron chi connectivity index (χ0n) is 16.1. The molecule has 0 unspecified atom stereocenters. The molecule has 0 atom stereocenters. The van der Waals surface area contributed by atoms with E-state index < -0.39 is 0 Å². The lowest BCUT2D eigenvalue weighted by Gasteiger charge is -2.14. The summed E-state index contributed by atoms with van der Waals surface area (Å²) in [7, 11) is 1.58. The lowest BCUT2D eigenvalue weighted by molar-refractivity contribution is -0.122. The SMILES string of the molecule is COc1ccccc1NC(=O)CCCCCN1C(=O)C(=Cc2cccs2)SC1=S. The number of hydrogen-bond acceptors (Lipinski definition) is 6. The molecule has 5 nitrogen and oxygen atoms in total. The van der Waals surface area contributed by atoms with E-state index >= 15 is 0 Å². The third-order valence-electron chi connectivity index (χ3n) is 4.36. The second kappa shape index (κ2) is 10.6. The molecule has 0 bridgehead atoms. The summed E-state index contributed by atoms with van der Waals surface area (Å²) in [6, 6.07) is 11.3. The van der Waals surface area contributed by atoms with E-state index in [1.165, 1.54) is 11.8 Å². The van der Waals surface area contributed by atoms with Crippen molar-refractivity contribution in [3.8, 4) is 5.75 Å². The maximum absolute atomic E-state index is 12.6. The fourth-order valence-corrected chi connectivity index (χ4v) is 4.92. The number of rotatable bonds is 9. The molecule has 29 heavy (non-hydrogen) atoms. The van der Waals surface area contributed by atoms with Crippen LogP contribution in [0.5, 0.6) is 5.75 Å². The standard InChI is InChI=1S/C21H22N2O3S3/c1-26-17-10-5-4-9-16(17)22-19(24)11-3-2-6-12-23-20(25)18(29-21(23)27)14-15-8-7-13-28-15/h4-5,7-10,13-14H,2-3,6,11-12H2,1H3,(H,22,24). The highest BCUT2D eigenvalue weighted by Crippen LogP contribution is 2.33. The molecule has 1 N–H and O–H groups in total. The van der Waals surface area contributed by atoms with Crippen LogP contribution in [0.2, 0.25) is 0 Å². The molecule has 1 saturated heterocycles. The van der Waals surface area contributed by atoms with Crippen LogP contribution in [0.4, 0.5) is 5.69 Å². The predicted molar refractivity (Wildman–Crippen MR) is 124 cm³/mol. The van der Waals surface area contributed by atoms with Crippen LogP contribution < -0.4 is 10.1 Å². The molecule has 2 amide bonds. The summed E-state index contributed by atoms with van der Waals surface area (Å²) in [6.07, 6.45) is 4.72. The monoisotopic (exact) mass is 446 g/mol. The summed E-state index contributed by atoms with van der Waals surface area (Å²) < 4.78 is 5.84. The van der Waals surface area contributed by atoms with Gasteiger partial charge in [-0.3, -0.25) is 14.5 Å². The minimum atomic E-state index is -0.0426. The number of amides is 2. The Bertz CT molecular complexity index is 910. The molecule has 1 fully saturated rings. The van der Waals surface area contributed by atoms with Gasteiger partial charge in [0.2, 0.25) is 5.91 Å². The molecule has 1 aromatic carbocycles. The second-order valence-electron chi connectivity index (χ2n) is 6.41. The van der Waals surface area contributed by atoms with E-state index in [1.807, 2.05) is 47.9 Å². The molecule has 8 heteroatoms. The molecule has 152 valence electrons. The summed E-state index contributed by atoms with van der Waals surface area (Å²) in [6.45, 7) is 0.584. The van der Waals surface area contributed by atoms with E-state index in [-0.39, 0.29) is 11.8 Å². The lowest BCUT2D eigenvalue weighted by Crippen LogP contribution is -2.29. The third kappa shape index (κ3) is 5.91. The van der Waals surface area contributed by atoms with E-state index in [4.69, 9.17) is 17.0 Å². The molecule has 3 rings (SSSR count). The summed E-state index contributed by atoms with van der Waals surface area (Å²) in [4.78, 5) is 28.1. The molecule has 1 aromatic heterocycles. The first-order chi connectivity index (χ1) is 14.1. The number of thiocarbonyl (C=S) groups is 1. The highest BCUT2D eigenvalue weighted by Gasteiger charge is 2.31. The van der Waals surface area contributed by atoms with Crippen molar-refractivity contribution in [2.75, 3.05) is 19.0 Å². The lowest BCUT2D eigenvalue weighted by atomic mass is 10.1. The molecule has 1 aliphatic heterocycles. The van der Waals surface area contributed by atoms with Crippen molar-refractivity contribution in [1.29, 1.82) is 0 Å². The molecular formula is C21H22N2O3S3. The number of hydrogen-bond donors (Lipinski definition) is 1. The average molecular weight is 447 g/mol. The molecular weight excluding hydrogens is 424 g/mol. The van der Waals surface area contributed by atoms with Crippen LogP contribution in [0, 0.1) is 0 Å². The number of thiophene rings is 1. The smallest absolute Gasteiger partial charge is 0.266 e. The normalized spacial score (nSPS) is 15.2. The minimum absolute atomic E-state index is 0.0256. The third-order valence-corrected chi connectivity index (χ3v) is 6.55. The van der Waals surface area contributed by atoms with Crippen molar-refractivity contribution in [2.45, 2.75) is 25.7 Å². The van der Waals surface area contributed by atoms with Gasteiger partial charge in [0.25, 0.3) is 5.91 Å². The van der Waals surface area contributed by atoms with Crippen molar-refractivity contribution in [2.24, 2.45) is 0 Å². The maximum Gasteiger partial charge on any atom is 0.266 e. The van der Waals surface area contributed by atoms with Gasteiger partial charge in [-0.1, -0.05) is 48.6 Å². The Kier molecular flexibility index (Phi) is 7.85. The van der Waals surface area contributed by atoms with Crippen LogP contribution in [0.3, 0.4) is 0 Å². The van der Waals surface area contributed by atoms with E-state index in [2.05, 4.69) is 5.32 Å². The van der Waals surface area contributed by atoms with E-state index in [0.29, 0.717) is 33.6 Å². The van der Waals surface area contributed by atoms with Crippen LogP contribution in [-0.4, -0.2) is 34.7 Å². The van der Waals surface area contributed by atoms with Gasteiger partial charge in [0, 0.05) is 17.8 Å². The number of anilines is 1. The van der Waals surface area contributed by atoms with Gasteiger partial charge in [-0.2, -0.15) is 0 Å². The largest absolute Gasteiger partial charge is 0.495 e. The summed E-state index contributed by atoms with van der Waals surface area (Å²) in [5.74, 6) is 0.576. The average Bonchev–Trinajstić information content (AvgIpc) is 3.31. The van der Waals surface area contributed by atoms with Gasteiger partial charge in [0.1, 0.15) is 10.1 Å². The van der Waals surface area contributed by atoms with Gasteiger partial charge in [0.15, 0.2) is 0 Å². The van der Waals surface area contributed by atoms with Crippen LogP contribution in [0.15, 0.2) is 46.7 Å². The topological polar surface area (TPSA) is 58.6 Å². The van der Waals surface area contributed by atoms with Crippen LogP contribution in [0.1, 0.15) is 30.6 Å². The number of para-hydroxylation sites is 2. The minimum Gasteiger partial charge on any atom is -0.495 e. The molecule has 0 radical (unpaired) electrons. The zero-order chi connectivity index (χ0) is 20.6. The molecule has 0 spiro atoms. The Morgan fingerprint density at radius 2 is 2.03 bits per heavy atom. The van der Waals surface area contributed by atoms with Crippen LogP contribution in [0.25, 0.3) is 6.08 Å². The number of methoxy groups -OCH3 is 1. The molecule has 2 aromatic rings. The van der Waals surface area contributed by atoms with Gasteiger partial charge in [-0.05, 0) is 42.5 Å². The van der Waals surface area contributed by atoms with Crippen LogP contribution >= 0.6 is 35.3 Å². The number of carbonyl (C=O) groups is 2. The number of benzene rings is 1. The number of thioether (sulfide) groups is 1. The van der Waals surface area contributed by atoms with Gasteiger partial charge in [-0.25, -0.2) is 0 Å². The summed E-state index contributed by atoms with van der Waals surface area (Å²) in [5.41, 5.74) is 0.676. The number of unbranched alkanes of at least 4 members (excludes halogenated alkanes) is 2. The van der Waals surface area contributed by atoms with Crippen molar-refractivity contribution < 1.29 is 14.3 Å². The Balaban J connectivity index is 1.40. The quantitative estimate of drug-likeness (QED) is 0.328. The van der Waals surface area contributed by atoms with Gasteiger partial charge in [-0.15, -0.1) is 11.3 Å². The number of nitrogens with one attached hydrogen (secondary N) is 1. The maximum atomic E-state index is 12.6. The van der Waals surface area contributed by atoms with Crippen molar-refractivity contribution in [1.82, 2.24) is 4.90 Å². The highest BCUT2D eigenvalue weighted by molar-refractivity contribution is 8.26. The Labute approximate surface area is 184 Å². The van der Waals surface area contributed by atoms with E-state index in [0.717, 1.165) is 24.1 Å². The van der Waals surface area contributed by atoms with Gasteiger partial charge < -0.3 is 10.1 Å². The van der Waals surface area contributed by atoms with Gasteiger partial charge >= 0.3 is 0 Å². The van der Waals surface area contributed by atoms with Gasteiger partial charge in [0.05, 0.1) is 17.7 Å². The Hall–Kier alpha value is -2.16. The molecule has 0 aliphatic carbocycles. The van der Waals surface area contributed by atoms with E-state index in [1.54, 1.807) is 23.3 Å². The fraction of sp³-hybridized carbons (Fsp3) is 0.286. The fourth-order valence-electron chi connectivity index (χ4n) is 2.89. The zero-order valence-corrected chi connectivity index (χ0v) is 18.5. The van der Waals surface area contributed by atoms with E-state index in [9.17, 15) is 9.59 Å². The van der Waals surface area contributed by atoms with Crippen molar-refractivity contribution in [3.05, 3.63) is 51.6 Å².